The van der Waals surface area contributed by atoms with Crippen LogP contribution in [0.1, 0.15) is 66.7 Å². The van der Waals surface area contributed by atoms with Gasteiger partial charge in [0.15, 0.2) is 0 Å². The fourth-order valence-electron chi connectivity index (χ4n) is 4.34. The summed E-state index contributed by atoms with van der Waals surface area (Å²) in [7, 11) is 1.55. The first-order valence-corrected chi connectivity index (χ1v) is 11.1. The Morgan fingerprint density at radius 3 is 2.07 bits per heavy atom. The molecule has 170 valence electrons. The Hall–Kier alpha value is -2.12. The number of amides is 4. The van der Waals surface area contributed by atoms with Crippen LogP contribution in [0.5, 0.6) is 0 Å². The highest BCUT2D eigenvalue weighted by atomic mass is 16.2. The summed E-state index contributed by atoms with van der Waals surface area (Å²) in [5.41, 5.74) is -0.553. The topological polar surface area (TPSA) is 98.8 Å². The van der Waals surface area contributed by atoms with Gasteiger partial charge in [-0.25, -0.2) is 0 Å². The van der Waals surface area contributed by atoms with Gasteiger partial charge in [0.05, 0.1) is 0 Å². The van der Waals surface area contributed by atoms with Crippen molar-refractivity contribution in [3.8, 4) is 0 Å². The van der Waals surface area contributed by atoms with E-state index in [-0.39, 0.29) is 29.5 Å². The Bertz CT molecular complexity index is 671. The number of likely N-dealkylation sites (N-methyl/N-ethyl adjacent to an activating group) is 1. The molecule has 8 nitrogen and oxygen atoms in total. The molecule has 0 aromatic rings. The lowest BCUT2D eigenvalue weighted by molar-refractivity contribution is -0.150. The van der Waals surface area contributed by atoms with Crippen molar-refractivity contribution in [3.05, 3.63) is 0 Å². The van der Waals surface area contributed by atoms with Gasteiger partial charge in [0.25, 0.3) is 0 Å². The molecule has 0 aromatic heterocycles. The molecule has 0 bridgehead atoms. The average Bonchev–Trinajstić information content (AvgIpc) is 3.33. The Morgan fingerprint density at radius 2 is 1.53 bits per heavy atom. The lowest BCUT2D eigenvalue weighted by Gasteiger charge is -2.34. The zero-order chi connectivity index (χ0) is 22.6. The predicted molar refractivity (Wildman–Crippen MR) is 114 cm³/mol. The molecule has 2 N–H and O–H groups in total. The summed E-state index contributed by atoms with van der Waals surface area (Å²) in [5, 5.41) is 5.45. The number of carbonyl (C=O) groups excluding carboxylic acids is 4. The molecule has 2 aliphatic heterocycles. The molecule has 3 atom stereocenters. The minimum Gasteiger partial charge on any atom is -0.357 e. The van der Waals surface area contributed by atoms with Gasteiger partial charge in [-0.1, -0.05) is 34.6 Å². The second-order valence-electron chi connectivity index (χ2n) is 9.90. The van der Waals surface area contributed by atoms with E-state index in [0.29, 0.717) is 32.4 Å². The smallest absolute Gasteiger partial charge is 0.246 e. The largest absolute Gasteiger partial charge is 0.357 e. The second kappa shape index (κ2) is 9.79. The fraction of sp³-hybridized carbons (Fsp3) is 0.818. The highest BCUT2D eigenvalue weighted by molar-refractivity contribution is 5.95. The zero-order valence-electron chi connectivity index (χ0n) is 19.3. The van der Waals surface area contributed by atoms with Crippen LogP contribution in [0.25, 0.3) is 0 Å². The van der Waals surface area contributed by atoms with Gasteiger partial charge in [0.1, 0.15) is 18.1 Å². The Morgan fingerprint density at radius 1 is 0.967 bits per heavy atom. The summed E-state index contributed by atoms with van der Waals surface area (Å²) in [6, 6.07) is -1.72. The molecule has 2 fully saturated rings. The Kier molecular flexibility index (Phi) is 7.88. The third kappa shape index (κ3) is 5.52. The highest BCUT2D eigenvalue weighted by Gasteiger charge is 2.44. The van der Waals surface area contributed by atoms with Crippen molar-refractivity contribution < 1.29 is 19.2 Å². The molecule has 0 saturated carbocycles. The molecular weight excluding hydrogens is 384 g/mol. The normalized spacial score (nSPS) is 22.9. The number of hydrogen-bond acceptors (Lipinski definition) is 4. The van der Waals surface area contributed by atoms with Gasteiger partial charge in [-0.3, -0.25) is 19.2 Å². The highest BCUT2D eigenvalue weighted by Crippen LogP contribution is 2.29. The van der Waals surface area contributed by atoms with Crippen LogP contribution in [-0.4, -0.2) is 71.7 Å². The number of rotatable bonds is 6. The molecule has 2 rings (SSSR count). The van der Waals surface area contributed by atoms with Crippen LogP contribution in [0.15, 0.2) is 0 Å². The van der Waals surface area contributed by atoms with E-state index < -0.39 is 23.5 Å². The van der Waals surface area contributed by atoms with Crippen LogP contribution in [0, 0.1) is 11.3 Å². The zero-order valence-corrected chi connectivity index (χ0v) is 19.3. The first-order valence-electron chi connectivity index (χ1n) is 11.1. The van der Waals surface area contributed by atoms with Crippen LogP contribution >= 0.6 is 0 Å². The molecule has 0 spiro atoms. The summed E-state index contributed by atoms with van der Waals surface area (Å²) in [4.78, 5) is 54.6. The van der Waals surface area contributed by atoms with E-state index in [1.807, 2.05) is 34.6 Å². The Labute approximate surface area is 180 Å². The van der Waals surface area contributed by atoms with Crippen LogP contribution in [0.2, 0.25) is 0 Å². The number of nitrogens with zero attached hydrogens (tertiary/aromatic N) is 2. The van der Waals surface area contributed by atoms with Crippen molar-refractivity contribution in [2.45, 2.75) is 84.8 Å². The molecule has 2 aliphatic rings. The summed E-state index contributed by atoms with van der Waals surface area (Å²) in [5.74, 6) is -0.463. The van der Waals surface area contributed by atoms with Crippen LogP contribution in [-0.2, 0) is 19.2 Å². The number of likely N-dealkylation sites (tertiary alicyclic amines) is 2. The first-order chi connectivity index (χ1) is 14.0. The monoisotopic (exact) mass is 422 g/mol. The standard InChI is InChI=1S/C22H38N4O4/c1-14(2)13-15(18(27)23-6)24-19(28)16-9-7-11-25(16)20(29)17-10-8-12-26(17)21(30)22(3,4)5/h14-17H,7-13H2,1-6H3,(H,23,27)(H,24,28)/t15-,16+,17-/m0/s1. The van der Waals surface area contributed by atoms with Crippen LogP contribution < -0.4 is 10.6 Å². The maximum absolute atomic E-state index is 13.3. The van der Waals surface area contributed by atoms with Gasteiger partial charge < -0.3 is 20.4 Å². The van der Waals surface area contributed by atoms with Crippen molar-refractivity contribution in [2.24, 2.45) is 11.3 Å². The van der Waals surface area contributed by atoms with Crippen molar-refractivity contribution in [3.63, 3.8) is 0 Å². The number of carbonyl (C=O) groups is 4. The molecular formula is C22H38N4O4. The fourth-order valence-corrected chi connectivity index (χ4v) is 4.34. The molecule has 4 amide bonds. The van der Waals surface area contributed by atoms with Gasteiger partial charge in [-0.05, 0) is 38.0 Å². The molecule has 0 aliphatic carbocycles. The van der Waals surface area contributed by atoms with E-state index in [9.17, 15) is 19.2 Å². The van der Waals surface area contributed by atoms with Crippen LogP contribution in [0.4, 0.5) is 0 Å². The van der Waals surface area contributed by atoms with E-state index in [2.05, 4.69) is 10.6 Å². The van der Waals surface area contributed by atoms with E-state index in [1.54, 1.807) is 16.8 Å². The minimum atomic E-state index is -0.620. The lowest BCUT2D eigenvalue weighted by Crippen LogP contribution is -2.56. The van der Waals surface area contributed by atoms with Crippen molar-refractivity contribution in [1.29, 1.82) is 0 Å². The minimum absolute atomic E-state index is 0.0323. The predicted octanol–water partition coefficient (Wildman–Crippen LogP) is 1.29. The van der Waals surface area contributed by atoms with Crippen molar-refractivity contribution in [2.75, 3.05) is 20.1 Å². The summed E-state index contributed by atoms with van der Waals surface area (Å²) < 4.78 is 0. The van der Waals surface area contributed by atoms with E-state index in [4.69, 9.17) is 0 Å². The van der Waals surface area contributed by atoms with E-state index in [1.165, 1.54) is 0 Å². The van der Waals surface area contributed by atoms with E-state index in [0.717, 1.165) is 12.8 Å². The van der Waals surface area contributed by atoms with Crippen molar-refractivity contribution in [1.82, 2.24) is 20.4 Å². The Balaban J connectivity index is 2.12. The lowest BCUT2D eigenvalue weighted by atomic mass is 9.94. The van der Waals surface area contributed by atoms with Crippen LogP contribution in [0.3, 0.4) is 0 Å². The molecule has 0 aromatic carbocycles. The summed E-state index contributed by atoms with van der Waals surface area (Å²) >= 11 is 0. The second-order valence-corrected chi connectivity index (χ2v) is 9.90. The van der Waals surface area contributed by atoms with Gasteiger partial charge >= 0.3 is 0 Å². The third-order valence-electron chi connectivity index (χ3n) is 5.87. The summed E-state index contributed by atoms with van der Waals surface area (Å²) in [6.45, 7) is 10.6. The van der Waals surface area contributed by atoms with Gasteiger partial charge in [0, 0.05) is 25.6 Å². The molecule has 0 radical (unpaired) electrons. The quantitative estimate of drug-likeness (QED) is 0.674. The molecule has 30 heavy (non-hydrogen) atoms. The maximum Gasteiger partial charge on any atom is 0.246 e. The maximum atomic E-state index is 13.3. The molecule has 2 saturated heterocycles. The SMILES string of the molecule is CNC(=O)[C@H](CC(C)C)NC(=O)[C@H]1CCCN1C(=O)[C@@H]1CCCN1C(=O)C(C)(C)C. The number of nitrogens with one attached hydrogen (secondary N) is 2. The van der Waals surface area contributed by atoms with Crippen molar-refractivity contribution >= 4 is 23.6 Å². The average molecular weight is 423 g/mol. The van der Waals surface area contributed by atoms with Gasteiger partial charge in [0.2, 0.25) is 23.6 Å². The van der Waals surface area contributed by atoms with Gasteiger partial charge in [-0.15, -0.1) is 0 Å². The number of hydrogen-bond donors (Lipinski definition) is 2. The first kappa shape index (κ1) is 24.2. The third-order valence-corrected chi connectivity index (χ3v) is 5.87. The molecule has 2 heterocycles. The van der Waals surface area contributed by atoms with Gasteiger partial charge in [-0.2, -0.15) is 0 Å². The molecule has 8 heteroatoms. The van der Waals surface area contributed by atoms with E-state index >= 15 is 0 Å². The molecule has 0 unspecified atom stereocenters. The summed E-state index contributed by atoms with van der Waals surface area (Å²) in [6.07, 6.45) is 3.25.